The zero-order valence-electron chi connectivity index (χ0n) is 23.6. The van der Waals surface area contributed by atoms with E-state index in [9.17, 15) is 0 Å². The Hall–Kier alpha value is -5.58. The van der Waals surface area contributed by atoms with Crippen LogP contribution in [0.3, 0.4) is 0 Å². The third-order valence-electron chi connectivity index (χ3n) is 8.32. The lowest BCUT2D eigenvalue weighted by Crippen LogP contribution is -1.96. The molecular formula is C40H24N2OS. The quantitative estimate of drug-likeness (QED) is 0.208. The van der Waals surface area contributed by atoms with E-state index in [2.05, 4.69) is 109 Å². The van der Waals surface area contributed by atoms with Crippen LogP contribution in [0.2, 0.25) is 0 Å². The van der Waals surface area contributed by atoms with E-state index in [4.69, 9.17) is 14.4 Å². The summed E-state index contributed by atoms with van der Waals surface area (Å²) in [5, 5.41) is 4.74. The molecule has 0 saturated carbocycles. The van der Waals surface area contributed by atoms with E-state index < -0.39 is 0 Å². The van der Waals surface area contributed by atoms with Crippen molar-refractivity contribution >= 4 is 53.4 Å². The summed E-state index contributed by atoms with van der Waals surface area (Å²) in [6.45, 7) is 0. The fourth-order valence-electron chi connectivity index (χ4n) is 6.24. The van der Waals surface area contributed by atoms with Gasteiger partial charge in [-0.05, 0) is 47.5 Å². The van der Waals surface area contributed by atoms with Crippen molar-refractivity contribution in [2.45, 2.75) is 0 Å². The lowest BCUT2D eigenvalue weighted by atomic mass is 9.97. The number of nitrogens with zero attached hydrogens (tertiary/aromatic N) is 2. The molecule has 0 aliphatic carbocycles. The summed E-state index contributed by atoms with van der Waals surface area (Å²) in [5.74, 6) is 0.641. The van der Waals surface area contributed by atoms with Gasteiger partial charge in [0.15, 0.2) is 5.82 Å². The van der Waals surface area contributed by atoms with Gasteiger partial charge in [0.05, 0.1) is 17.0 Å². The molecular weight excluding hydrogens is 557 g/mol. The van der Waals surface area contributed by atoms with Gasteiger partial charge in [-0.1, -0.05) is 109 Å². The van der Waals surface area contributed by atoms with Crippen molar-refractivity contribution in [3.05, 3.63) is 146 Å². The van der Waals surface area contributed by atoms with Crippen molar-refractivity contribution in [2.24, 2.45) is 0 Å². The fraction of sp³-hybridized carbons (Fsp3) is 0. The number of hydrogen-bond donors (Lipinski definition) is 0. The zero-order valence-corrected chi connectivity index (χ0v) is 24.4. The average Bonchev–Trinajstić information content (AvgIpc) is 3.67. The normalized spacial score (nSPS) is 11.6. The second-order valence-electron chi connectivity index (χ2n) is 11.0. The van der Waals surface area contributed by atoms with E-state index in [1.165, 1.54) is 25.7 Å². The van der Waals surface area contributed by atoms with Gasteiger partial charge >= 0.3 is 0 Å². The Morgan fingerprint density at radius 2 is 1.09 bits per heavy atom. The highest BCUT2D eigenvalue weighted by Crippen LogP contribution is 2.42. The minimum atomic E-state index is 0.641. The largest absolute Gasteiger partial charge is 0.455 e. The Balaban J connectivity index is 1.27. The SMILES string of the molecule is c1ccc(-c2cc(-c3ccccc3)nc(-c3cccc4c3oc3cccc(-c5ccc6sc7ccccc7c6c5)c34)n2)cc1. The van der Waals surface area contributed by atoms with Crippen molar-refractivity contribution in [3.63, 3.8) is 0 Å². The van der Waals surface area contributed by atoms with Crippen molar-refractivity contribution in [1.82, 2.24) is 9.97 Å². The topological polar surface area (TPSA) is 38.9 Å². The van der Waals surface area contributed by atoms with Crippen molar-refractivity contribution in [1.29, 1.82) is 0 Å². The van der Waals surface area contributed by atoms with Gasteiger partial charge in [-0.25, -0.2) is 9.97 Å². The predicted octanol–water partition coefficient (Wildman–Crippen LogP) is 11.4. The number of thiophene rings is 1. The third kappa shape index (κ3) is 4.03. The highest BCUT2D eigenvalue weighted by molar-refractivity contribution is 7.25. The van der Waals surface area contributed by atoms with E-state index in [1.807, 2.05) is 47.7 Å². The van der Waals surface area contributed by atoms with Crippen LogP contribution in [0.4, 0.5) is 0 Å². The second-order valence-corrected chi connectivity index (χ2v) is 12.1. The molecule has 0 N–H and O–H groups in total. The van der Waals surface area contributed by atoms with Gasteiger partial charge < -0.3 is 4.42 Å². The third-order valence-corrected chi connectivity index (χ3v) is 9.47. The number of aromatic nitrogens is 2. The minimum absolute atomic E-state index is 0.641. The maximum Gasteiger partial charge on any atom is 0.164 e. The van der Waals surface area contributed by atoms with Crippen LogP contribution in [-0.4, -0.2) is 9.97 Å². The van der Waals surface area contributed by atoms with Crippen LogP contribution < -0.4 is 0 Å². The van der Waals surface area contributed by atoms with Gasteiger partial charge in [0.1, 0.15) is 11.2 Å². The number of rotatable bonds is 4. The standard InChI is InChI=1S/C40H24N2OS/c1-3-11-25(12-4-1)33-24-34(26-13-5-2-6-14-26)42-40(41-33)31-18-9-17-30-38-28(16-10-19-35(38)43-39(30)31)27-21-22-37-32(23-27)29-15-7-8-20-36(29)44-37/h1-24H. The maximum absolute atomic E-state index is 6.66. The smallest absolute Gasteiger partial charge is 0.164 e. The van der Waals surface area contributed by atoms with Crippen LogP contribution in [0.25, 0.3) is 87.1 Å². The Morgan fingerprint density at radius 1 is 0.455 bits per heavy atom. The van der Waals surface area contributed by atoms with Crippen molar-refractivity contribution < 1.29 is 4.42 Å². The van der Waals surface area contributed by atoms with Crippen LogP contribution in [0.15, 0.2) is 150 Å². The summed E-state index contributed by atoms with van der Waals surface area (Å²) < 4.78 is 9.26. The number of hydrogen-bond acceptors (Lipinski definition) is 4. The van der Waals surface area contributed by atoms with E-state index >= 15 is 0 Å². The highest BCUT2D eigenvalue weighted by atomic mass is 32.1. The first-order chi connectivity index (χ1) is 21.8. The Morgan fingerprint density at radius 3 is 1.86 bits per heavy atom. The number of benzene rings is 6. The van der Waals surface area contributed by atoms with E-state index in [-0.39, 0.29) is 0 Å². The molecule has 3 aromatic heterocycles. The molecule has 0 aliphatic heterocycles. The van der Waals surface area contributed by atoms with Crippen LogP contribution in [0, 0.1) is 0 Å². The molecule has 206 valence electrons. The molecule has 44 heavy (non-hydrogen) atoms. The maximum atomic E-state index is 6.66. The van der Waals surface area contributed by atoms with E-state index in [1.54, 1.807) is 0 Å². The Bertz CT molecular complexity index is 2440. The summed E-state index contributed by atoms with van der Waals surface area (Å²) in [6, 6.07) is 50.7. The molecule has 0 bridgehead atoms. The van der Waals surface area contributed by atoms with Gasteiger partial charge in [0.2, 0.25) is 0 Å². The fourth-order valence-corrected chi connectivity index (χ4v) is 7.33. The summed E-state index contributed by atoms with van der Waals surface area (Å²) in [4.78, 5) is 10.2. The van der Waals surface area contributed by atoms with Crippen LogP contribution in [-0.2, 0) is 0 Å². The molecule has 0 unspecified atom stereocenters. The molecule has 9 aromatic rings. The molecule has 9 rings (SSSR count). The monoisotopic (exact) mass is 580 g/mol. The first-order valence-electron chi connectivity index (χ1n) is 14.7. The summed E-state index contributed by atoms with van der Waals surface area (Å²) in [5.41, 5.74) is 8.68. The van der Waals surface area contributed by atoms with Gasteiger partial charge in [0, 0.05) is 42.1 Å². The van der Waals surface area contributed by atoms with Gasteiger partial charge in [-0.2, -0.15) is 0 Å². The van der Waals surface area contributed by atoms with Gasteiger partial charge in [0.25, 0.3) is 0 Å². The summed E-state index contributed by atoms with van der Waals surface area (Å²) >= 11 is 1.84. The predicted molar refractivity (Wildman–Crippen MR) is 184 cm³/mol. The zero-order chi connectivity index (χ0) is 29.0. The minimum Gasteiger partial charge on any atom is -0.455 e. The molecule has 0 fully saturated rings. The molecule has 0 aliphatic rings. The average molecular weight is 581 g/mol. The Kier molecular flexibility index (Phi) is 5.68. The van der Waals surface area contributed by atoms with Crippen LogP contribution in [0.5, 0.6) is 0 Å². The number of furan rings is 1. The molecule has 3 heterocycles. The van der Waals surface area contributed by atoms with Crippen LogP contribution in [0.1, 0.15) is 0 Å². The highest BCUT2D eigenvalue weighted by Gasteiger charge is 2.19. The molecule has 4 heteroatoms. The Labute approximate surface area is 257 Å². The number of fused-ring (bicyclic) bond motifs is 6. The number of para-hydroxylation sites is 1. The van der Waals surface area contributed by atoms with Gasteiger partial charge in [-0.15, -0.1) is 11.3 Å². The lowest BCUT2D eigenvalue weighted by Gasteiger charge is -2.09. The second kappa shape index (κ2) is 10.0. The summed E-state index contributed by atoms with van der Waals surface area (Å²) in [7, 11) is 0. The first-order valence-corrected chi connectivity index (χ1v) is 15.5. The molecule has 0 radical (unpaired) electrons. The van der Waals surface area contributed by atoms with Gasteiger partial charge in [-0.3, -0.25) is 0 Å². The lowest BCUT2D eigenvalue weighted by molar-refractivity contribution is 0.669. The van der Waals surface area contributed by atoms with Crippen molar-refractivity contribution in [2.75, 3.05) is 0 Å². The molecule has 0 atom stereocenters. The van der Waals surface area contributed by atoms with E-state index in [0.717, 1.165) is 55.6 Å². The first kappa shape index (κ1) is 25.0. The van der Waals surface area contributed by atoms with E-state index in [0.29, 0.717) is 5.82 Å². The molecule has 3 nitrogen and oxygen atoms in total. The van der Waals surface area contributed by atoms with Crippen LogP contribution >= 0.6 is 11.3 Å². The molecule has 0 amide bonds. The molecule has 0 spiro atoms. The summed E-state index contributed by atoms with van der Waals surface area (Å²) in [6.07, 6.45) is 0. The molecule has 6 aromatic carbocycles. The van der Waals surface area contributed by atoms with Crippen molar-refractivity contribution in [3.8, 4) is 45.0 Å². The molecule has 0 saturated heterocycles.